The van der Waals surface area contributed by atoms with Crippen molar-refractivity contribution < 1.29 is 26.4 Å². The van der Waals surface area contributed by atoms with E-state index in [2.05, 4.69) is 0 Å². The zero-order valence-corrected chi connectivity index (χ0v) is 18.7. The van der Waals surface area contributed by atoms with Crippen LogP contribution in [0.2, 0.25) is 0 Å². The van der Waals surface area contributed by atoms with E-state index in [1.807, 2.05) is 0 Å². The summed E-state index contributed by atoms with van der Waals surface area (Å²) >= 11 is 1.04. The highest BCUT2D eigenvalue weighted by Gasteiger charge is 2.48. The maximum Gasteiger partial charge on any atom is 0.253 e. The van der Waals surface area contributed by atoms with Gasteiger partial charge in [-0.25, -0.2) is 26.9 Å². The van der Waals surface area contributed by atoms with Crippen LogP contribution in [0.1, 0.15) is 26.7 Å². The molecule has 3 rings (SSSR count). The van der Waals surface area contributed by atoms with Crippen LogP contribution in [0.5, 0.6) is 0 Å². The number of imide groups is 1. The van der Waals surface area contributed by atoms with Gasteiger partial charge in [-0.1, -0.05) is 13.0 Å². The molecule has 2 aromatic rings. The van der Waals surface area contributed by atoms with Crippen molar-refractivity contribution in [3.8, 4) is 0 Å². The fourth-order valence-electron chi connectivity index (χ4n) is 3.28. The molecule has 1 aromatic carbocycles. The maximum absolute atomic E-state index is 13.2. The molecule has 1 fully saturated rings. The van der Waals surface area contributed by atoms with Gasteiger partial charge in [0.15, 0.2) is 0 Å². The second-order valence-corrected chi connectivity index (χ2v) is 11.4. The summed E-state index contributed by atoms with van der Waals surface area (Å²) in [6.45, 7) is 3.49. The summed E-state index contributed by atoms with van der Waals surface area (Å²) in [4.78, 5) is 26.5. The SMILES string of the molecule is CCC(C)N(C1CC(=O)N(c2ccc(S(N)(=O)=O)cc2)C1=O)S(=O)(=O)c1cccs1. The number of thiophene rings is 1. The van der Waals surface area contributed by atoms with Crippen LogP contribution in [0.3, 0.4) is 0 Å². The number of benzene rings is 1. The van der Waals surface area contributed by atoms with Crippen molar-refractivity contribution in [2.75, 3.05) is 4.90 Å². The minimum atomic E-state index is -3.98. The Labute approximate surface area is 179 Å². The normalized spacial score (nSPS) is 18.9. The third kappa shape index (κ3) is 4.05. The molecule has 1 aromatic heterocycles. The van der Waals surface area contributed by atoms with Crippen LogP contribution in [0.25, 0.3) is 0 Å². The first-order valence-electron chi connectivity index (χ1n) is 9.05. The first-order chi connectivity index (χ1) is 14.0. The van der Waals surface area contributed by atoms with Gasteiger partial charge in [-0.05, 0) is 49.1 Å². The molecule has 1 aliphatic heterocycles. The molecule has 2 unspecified atom stereocenters. The quantitative estimate of drug-likeness (QED) is 0.608. The Morgan fingerprint density at radius 2 is 1.80 bits per heavy atom. The molecule has 12 heteroatoms. The Bertz CT molecular complexity index is 1160. The van der Waals surface area contributed by atoms with Crippen molar-refractivity contribution >= 4 is 48.9 Å². The molecule has 2 amide bonds. The second kappa shape index (κ2) is 8.19. The van der Waals surface area contributed by atoms with Crippen LogP contribution >= 0.6 is 11.3 Å². The maximum atomic E-state index is 13.2. The Balaban J connectivity index is 1.99. The van der Waals surface area contributed by atoms with E-state index in [1.165, 1.54) is 30.3 Å². The molecule has 0 radical (unpaired) electrons. The molecule has 30 heavy (non-hydrogen) atoms. The minimum Gasteiger partial charge on any atom is -0.274 e. The molecule has 2 heterocycles. The summed E-state index contributed by atoms with van der Waals surface area (Å²) in [5, 5.41) is 6.70. The molecule has 2 N–H and O–H groups in total. The lowest BCUT2D eigenvalue weighted by Gasteiger charge is -2.31. The average molecular weight is 472 g/mol. The zero-order valence-electron chi connectivity index (χ0n) is 16.3. The van der Waals surface area contributed by atoms with Crippen molar-refractivity contribution in [1.29, 1.82) is 0 Å². The Morgan fingerprint density at radius 1 is 1.17 bits per heavy atom. The molecular weight excluding hydrogens is 450 g/mol. The number of anilines is 1. The van der Waals surface area contributed by atoms with Crippen LogP contribution in [-0.2, 0) is 29.6 Å². The largest absolute Gasteiger partial charge is 0.274 e. The van der Waals surface area contributed by atoms with Crippen molar-refractivity contribution in [2.24, 2.45) is 5.14 Å². The van der Waals surface area contributed by atoms with Gasteiger partial charge in [-0.15, -0.1) is 11.3 Å². The van der Waals surface area contributed by atoms with E-state index in [0.29, 0.717) is 6.42 Å². The number of carbonyl (C=O) groups excluding carboxylic acids is 2. The number of rotatable bonds is 7. The van der Waals surface area contributed by atoms with Gasteiger partial charge in [0.05, 0.1) is 17.0 Å². The van der Waals surface area contributed by atoms with E-state index >= 15 is 0 Å². The Morgan fingerprint density at radius 3 is 2.30 bits per heavy atom. The third-order valence-electron chi connectivity index (χ3n) is 4.91. The van der Waals surface area contributed by atoms with Crippen LogP contribution in [0.4, 0.5) is 5.69 Å². The number of primary sulfonamides is 1. The second-order valence-electron chi connectivity index (χ2n) is 6.85. The molecule has 162 valence electrons. The van der Waals surface area contributed by atoms with E-state index in [1.54, 1.807) is 25.3 Å². The summed E-state index contributed by atoms with van der Waals surface area (Å²) in [7, 11) is -7.91. The van der Waals surface area contributed by atoms with Gasteiger partial charge >= 0.3 is 0 Å². The monoisotopic (exact) mass is 471 g/mol. The van der Waals surface area contributed by atoms with Crippen LogP contribution in [0, 0.1) is 0 Å². The first-order valence-corrected chi connectivity index (χ1v) is 12.9. The summed E-state index contributed by atoms with van der Waals surface area (Å²) in [5.41, 5.74) is 0.150. The number of hydrogen-bond donors (Lipinski definition) is 1. The van der Waals surface area contributed by atoms with Gasteiger partial charge in [0.1, 0.15) is 10.3 Å². The van der Waals surface area contributed by atoms with Gasteiger partial charge in [0.2, 0.25) is 15.9 Å². The van der Waals surface area contributed by atoms with Gasteiger partial charge in [0.25, 0.3) is 15.9 Å². The highest BCUT2D eigenvalue weighted by Crippen LogP contribution is 2.33. The van der Waals surface area contributed by atoms with Gasteiger partial charge < -0.3 is 0 Å². The predicted molar refractivity (Wildman–Crippen MR) is 112 cm³/mol. The summed E-state index contributed by atoms with van der Waals surface area (Å²) in [6.07, 6.45) is 0.149. The van der Waals surface area contributed by atoms with E-state index in [9.17, 15) is 26.4 Å². The topological polar surface area (TPSA) is 135 Å². The number of carbonyl (C=O) groups is 2. The summed E-state index contributed by atoms with van der Waals surface area (Å²) in [5.74, 6) is -1.24. The molecule has 0 saturated carbocycles. The fourth-order valence-corrected chi connectivity index (χ4v) is 6.73. The lowest BCUT2D eigenvalue weighted by atomic mass is 10.2. The molecule has 0 bridgehead atoms. The molecule has 1 saturated heterocycles. The number of amides is 2. The highest BCUT2D eigenvalue weighted by atomic mass is 32.2. The molecular formula is C18H21N3O6S3. The van der Waals surface area contributed by atoms with Gasteiger partial charge in [0, 0.05) is 6.04 Å². The minimum absolute atomic E-state index is 0.0963. The van der Waals surface area contributed by atoms with Gasteiger partial charge in [-0.2, -0.15) is 4.31 Å². The van der Waals surface area contributed by atoms with Crippen LogP contribution in [0.15, 0.2) is 50.9 Å². The number of sulfonamides is 2. The van der Waals surface area contributed by atoms with Gasteiger partial charge in [-0.3, -0.25) is 9.59 Å². The van der Waals surface area contributed by atoms with E-state index in [4.69, 9.17) is 5.14 Å². The summed E-state index contributed by atoms with van der Waals surface area (Å²) < 4.78 is 50.5. The lowest BCUT2D eigenvalue weighted by Crippen LogP contribution is -2.49. The number of nitrogens with two attached hydrogens (primary N) is 1. The van der Waals surface area contributed by atoms with Crippen molar-refractivity contribution in [3.05, 3.63) is 41.8 Å². The van der Waals surface area contributed by atoms with E-state index in [-0.39, 0.29) is 21.2 Å². The smallest absolute Gasteiger partial charge is 0.253 e. The van der Waals surface area contributed by atoms with E-state index < -0.39 is 43.9 Å². The zero-order chi connectivity index (χ0) is 22.3. The molecule has 2 atom stereocenters. The molecule has 1 aliphatic rings. The van der Waals surface area contributed by atoms with Crippen molar-refractivity contribution in [1.82, 2.24) is 4.31 Å². The molecule has 9 nitrogen and oxygen atoms in total. The third-order valence-corrected chi connectivity index (χ3v) is 9.23. The van der Waals surface area contributed by atoms with Crippen molar-refractivity contribution in [2.45, 2.75) is 47.9 Å². The van der Waals surface area contributed by atoms with E-state index in [0.717, 1.165) is 20.5 Å². The Hall–Kier alpha value is -2.12. The highest BCUT2D eigenvalue weighted by molar-refractivity contribution is 7.91. The Kier molecular flexibility index (Phi) is 6.16. The summed E-state index contributed by atoms with van der Waals surface area (Å²) in [6, 6.07) is 6.33. The van der Waals surface area contributed by atoms with Crippen molar-refractivity contribution in [3.63, 3.8) is 0 Å². The first kappa shape index (κ1) is 22.6. The number of nitrogens with zero attached hydrogens (tertiary/aromatic N) is 2. The molecule has 0 aliphatic carbocycles. The lowest BCUT2D eigenvalue weighted by molar-refractivity contribution is -0.122. The average Bonchev–Trinajstić information content (AvgIpc) is 3.30. The predicted octanol–water partition coefficient (Wildman–Crippen LogP) is 1.52. The number of hydrogen-bond acceptors (Lipinski definition) is 7. The van der Waals surface area contributed by atoms with Crippen LogP contribution < -0.4 is 10.0 Å². The standard InChI is InChI=1S/C18H21N3O6S3/c1-3-12(2)21(30(26,27)17-5-4-10-28-17)15-11-16(22)20(18(15)23)13-6-8-14(9-7-13)29(19,24)25/h4-10,12,15H,3,11H2,1-2H3,(H2,19,24,25). The van der Waals surface area contributed by atoms with Crippen LogP contribution in [-0.4, -0.2) is 45.0 Å². The fraction of sp³-hybridized carbons (Fsp3) is 0.333. The molecule has 0 spiro atoms.